The number of halogens is 1. The van der Waals surface area contributed by atoms with Crippen LogP contribution in [0.1, 0.15) is 39.9 Å². The van der Waals surface area contributed by atoms with E-state index in [-0.39, 0.29) is 36.4 Å². The van der Waals surface area contributed by atoms with E-state index in [0.29, 0.717) is 5.56 Å². The van der Waals surface area contributed by atoms with Crippen molar-refractivity contribution >= 4 is 22.6 Å². The number of aromatic amines is 1. The number of carbonyl (C=O) groups is 2. The monoisotopic (exact) mass is 380 g/mol. The van der Waals surface area contributed by atoms with E-state index in [0.717, 1.165) is 22.0 Å². The van der Waals surface area contributed by atoms with Crippen molar-refractivity contribution in [1.82, 2.24) is 10.3 Å². The number of pyridine rings is 1. The Kier molecular flexibility index (Phi) is 5.68. The second-order valence-electron chi connectivity index (χ2n) is 6.83. The predicted molar refractivity (Wildman–Crippen MR) is 106 cm³/mol. The number of H-pyrrole nitrogens is 1. The lowest BCUT2D eigenvalue weighted by Gasteiger charge is -2.08. The minimum atomic E-state index is -0.596. The van der Waals surface area contributed by atoms with Gasteiger partial charge in [0.1, 0.15) is 5.82 Å². The number of hydrogen-bond donors (Lipinski definition) is 2. The summed E-state index contributed by atoms with van der Waals surface area (Å²) in [5.74, 6) is -1.40. The van der Waals surface area contributed by atoms with Gasteiger partial charge in [-0.05, 0) is 60.7 Å². The number of rotatable bonds is 6. The molecule has 6 heteroatoms. The van der Waals surface area contributed by atoms with Crippen LogP contribution in [0, 0.1) is 19.7 Å². The summed E-state index contributed by atoms with van der Waals surface area (Å²) in [4.78, 5) is 39.1. The molecule has 1 aromatic heterocycles. The van der Waals surface area contributed by atoms with Gasteiger partial charge in [0, 0.05) is 30.5 Å². The van der Waals surface area contributed by atoms with Gasteiger partial charge in [-0.3, -0.25) is 14.4 Å². The molecule has 0 aliphatic rings. The number of benzene rings is 2. The summed E-state index contributed by atoms with van der Waals surface area (Å²) in [6, 6.07) is 11.3. The molecule has 0 bridgehead atoms. The summed E-state index contributed by atoms with van der Waals surface area (Å²) in [5, 5.41) is 3.54. The molecule has 1 heterocycles. The second kappa shape index (κ2) is 8.17. The van der Waals surface area contributed by atoms with Gasteiger partial charge in [0.15, 0.2) is 5.78 Å². The molecule has 1 amide bonds. The van der Waals surface area contributed by atoms with Crippen molar-refractivity contribution in [3.8, 4) is 0 Å². The van der Waals surface area contributed by atoms with Crippen LogP contribution in [-0.4, -0.2) is 16.7 Å². The van der Waals surface area contributed by atoms with Gasteiger partial charge < -0.3 is 10.3 Å². The molecule has 0 saturated heterocycles. The van der Waals surface area contributed by atoms with Crippen molar-refractivity contribution in [2.75, 3.05) is 0 Å². The first-order chi connectivity index (χ1) is 13.3. The lowest BCUT2D eigenvalue weighted by molar-refractivity contribution is -0.121. The van der Waals surface area contributed by atoms with E-state index in [1.54, 1.807) is 12.1 Å². The predicted octanol–water partition coefficient (Wildman–Crippen LogP) is 3.56. The van der Waals surface area contributed by atoms with Crippen LogP contribution >= 0.6 is 0 Å². The number of Topliss-reactive ketones (excluding diaryl/α,β-unsaturated/α-hetero) is 1. The minimum absolute atomic E-state index is 0.0214. The maximum absolute atomic E-state index is 13.6. The summed E-state index contributed by atoms with van der Waals surface area (Å²) in [7, 11) is 0. The molecule has 28 heavy (non-hydrogen) atoms. The molecule has 0 saturated carbocycles. The van der Waals surface area contributed by atoms with Crippen molar-refractivity contribution < 1.29 is 14.0 Å². The topological polar surface area (TPSA) is 79.0 Å². The van der Waals surface area contributed by atoms with Gasteiger partial charge in [0.25, 0.3) is 5.56 Å². The van der Waals surface area contributed by atoms with Gasteiger partial charge in [0.05, 0.1) is 5.56 Å². The van der Waals surface area contributed by atoms with E-state index in [1.807, 2.05) is 26.0 Å². The Labute approximate surface area is 161 Å². The van der Waals surface area contributed by atoms with Crippen molar-refractivity contribution in [1.29, 1.82) is 0 Å². The van der Waals surface area contributed by atoms with Crippen LogP contribution in [0.25, 0.3) is 10.9 Å². The number of aromatic nitrogens is 1. The van der Waals surface area contributed by atoms with Gasteiger partial charge in [-0.25, -0.2) is 4.39 Å². The number of carbonyl (C=O) groups excluding carboxylic acids is 2. The number of nitrogens with one attached hydrogen (secondary N) is 2. The van der Waals surface area contributed by atoms with Crippen LogP contribution in [-0.2, 0) is 11.3 Å². The Morgan fingerprint density at radius 3 is 2.50 bits per heavy atom. The first-order valence-electron chi connectivity index (χ1n) is 9.02. The maximum atomic E-state index is 13.6. The molecule has 144 valence electrons. The number of amides is 1. The Morgan fingerprint density at radius 1 is 1.04 bits per heavy atom. The number of ketones is 1. The molecule has 2 N–H and O–H groups in total. The van der Waals surface area contributed by atoms with Gasteiger partial charge in [0.2, 0.25) is 5.91 Å². The Morgan fingerprint density at radius 2 is 1.75 bits per heavy atom. The van der Waals surface area contributed by atoms with Crippen molar-refractivity contribution in [3.63, 3.8) is 0 Å². The van der Waals surface area contributed by atoms with Crippen LogP contribution < -0.4 is 10.9 Å². The summed E-state index contributed by atoms with van der Waals surface area (Å²) in [6.45, 7) is 4.03. The second-order valence-corrected chi connectivity index (χ2v) is 6.83. The molecule has 0 aliphatic carbocycles. The Bertz CT molecular complexity index is 1120. The Hall–Kier alpha value is -3.28. The molecule has 5 nitrogen and oxygen atoms in total. The summed E-state index contributed by atoms with van der Waals surface area (Å²) in [6.07, 6.45) is -0.170. The zero-order chi connectivity index (χ0) is 20.3. The number of aryl methyl sites for hydroxylation is 2. The van der Waals surface area contributed by atoms with Crippen LogP contribution in [0.3, 0.4) is 0 Å². The fraction of sp³-hybridized carbons (Fsp3) is 0.227. The molecule has 0 aliphatic heterocycles. The van der Waals surface area contributed by atoms with Gasteiger partial charge in [-0.2, -0.15) is 0 Å². The highest BCUT2D eigenvalue weighted by molar-refractivity contribution is 5.98. The normalized spacial score (nSPS) is 10.8. The van der Waals surface area contributed by atoms with E-state index in [1.165, 1.54) is 18.2 Å². The van der Waals surface area contributed by atoms with E-state index < -0.39 is 11.6 Å². The minimum Gasteiger partial charge on any atom is -0.352 e. The lowest BCUT2D eigenvalue weighted by Crippen LogP contribution is -2.27. The van der Waals surface area contributed by atoms with Crippen LogP contribution in [0.4, 0.5) is 4.39 Å². The van der Waals surface area contributed by atoms with Crippen LogP contribution in [0.15, 0.2) is 47.3 Å². The number of hydrogen-bond acceptors (Lipinski definition) is 3. The molecule has 3 aromatic rings. The summed E-state index contributed by atoms with van der Waals surface area (Å²) in [5.41, 5.74) is 3.10. The zero-order valence-electron chi connectivity index (χ0n) is 15.8. The van der Waals surface area contributed by atoms with Crippen LogP contribution in [0.2, 0.25) is 0 Å². The number of fused-ring (bicyclic) bond motifs is 1. The molecule has 3 rings (SSSR count). The first-order valence-corrected chi connectivity index (χ1v) is 9.02. The third-order valence-electron chi connectivity index (χ3n) is 4.76. The van der Waals surface area contributed by atoms with Gasteiger partial charge in [-0.1, -0.05) is 12.1 Å². The van der Waals surface area contributed by atoms with E-state index in [4.69, 9.17) is 0 Å². The van der Waals surface area contributed by atoms with E-state index in [2.05, 4.69) is 10.3 Å². The SMILES string of the molecule is Cc1cc2cc(CNC(=O)CCC(=O)c3ccccc3F)c(=O)[nH]c2cc1C. The van der Waals surface area contributed by atoms with E-state index in [9.17, 15) is 18.8 Å². The molecule has 0 fully saturated rings. The highest BCUT2D eigenvalue weighted by Crippen LogP contribution is 2.17. The fourth-order valence-corrected chi connectivity index (χ4v) is 2.98. The molecular weight excluding hydrogens is 359 g/mol. The smallest absolute Gasteiger partial charge is 0.253 e. The summed E-state index contributed by atoms with van der Waals surface area (Å²) < 4.78 is 13.6. The zero-order valence-corrected chi connectivity index (χ0v) is 15.8. The first kappa shape index (κ1) is 19.5. The highest BCUT2D eigenvalue weighted by atomic mass is 19.1. The van der Waals surface area contributed by atoms with Gasteiger partial charge >= 0.3 is 0 Å². The third-order valence-corrected chi connectivity index (χ3v) is 4.76. The van der Waals surface area contributed by atoms with Gasteiger partial charge in [-0.15, -0.1) is 0 Å². The molecule has 0 unspecified atom stereocenters. The van der Waals surface area contributed by atoms with Crippen molar-refractivity contribution in [2.24, 2.45) is 0 Å². The average molecular weight is 380 g/mol. The molecule has 2 aromatic carbocycles. The quantitative estimate of drug-likeness (QED) is 0.642. The highest BCUT2D eigenvalue weighted by Gasteiger charge is 2.13. The van der Waals surface area contributed by atoms with Crippen molar-refractivity contribution in [3.05, 3.63) is 80.9 Å². The largest absolute Gasteiger partial charge is 0.352 e. The maximum Gasteiger partial charge on any atom is 0.253 e. The molecule has 0 atom stereocenters. The van der Waals surface area contributed by atoms with E-state index >= 15 is 0 Å². The lowest BCUT2D eigenvalue weighted by atomic mass is 10.0. The molecular formula is C22H21FN2O3. The van der Waals surface area contributed by atoms with Crippen LogP contribution in [0.5, 0.6) is 0 Å². The standard InChI is InChI=1S/C22H21FN2O3/c1-13-9-15-11-16(22(28)25-19(15)10-14(13)2)12-24-21(27)8-7-20(26)17-5-3-4-6-18(17)23/h3-6,9-11H,7-8,12H2,1-2H3,(H,24,27)(H,25,28). The third kappa shape index (κ3) is 4.34. The molecule has 0 radical (unpaired) electrons. The summed E-state index contributed by atoms with van der Waals surface area (Å²) >= 11 is 0. The average Bonchev–Trinajstić information content (AvgIpc) is 2.66. The molecule has 0 spiro atoms. The van der Waals surface area contributed by atoms with Crippen molar-refractivity contribution in [2.45, 2.75) is 33.2 Å². The Balaban J connectivity index is 1.62. The fourth-order valence-electron chi connectivity index (χ4n) is 2.98.